The lowest BCUT2D eigenvalue weighted by Gasteiger charge is -2.47. The van der Waals surface area contributed by atoms with Gasteiger partial charge in [-0.25, -0.2) is 9.59 Å². The highest BCUT2D eigenvalue weighted by atomic mass is 16.6. The number of methoxy groups -OCH3 is 1. The van der Waals surface area contributed by atoms with Crippen LogP contribution in [0.2, 0.25) is 0 Å². The molecule has 1 saturated carbocycles. The number of carbonyl (C=O) groups is 2. The minimum atomic E-state index is -1.83. The lowest BCUT2D eigenvalue weighted by Crippen LogP contribution is -2.65. The molecular weight excluding hydrogens is 332 g/mol. The predicted molar refractivity (Wildman–Crippen MR) is 83.6 cm³/mol. The average Bonchev–Trinajstić information content (AvgIpc) is 2.55. The molecule has 0 amide bonds. The van der Waals surface area contributed by atoms with Crippen molar-refractivity contribution in [3.05, 3.63) is 29.8 Å². The summed E-state index contributed by atoms with van der Waals surface area (Å²) in [6.45, 7) is 0. The number of rotatable bonds is 4. The molecule has 134 valence electrons. The number of phenols is 1. The SMILES string of the molecule is COc1ccc(C=CC(=O)OC2CC3(O)CC(O)C2OC3=O)cc1O. The van der Waals surface area contributed by atoms with Gasteiger partial charge in [0.25, 0.3) is 0 Å². The summed E-state index contributed by atoms with van der Waals surface area (Å²) in [7, 11) is 1.43. The standard InChI is InChI=1S/C17H18O8/c1-23-12-4-2-9(6-10(12)18)3-5-14(20)24-13-8-17(22)7-11(19)15(13)25-16(17)21/h2-6,11,13,15,18-19,22H,7-8H2,1H3. The van der Waals surface area contributed by atoms with E-state index in [1.165, 1.54) is 19.3 Å². The van der Waals surface area contributed by atoms with Crippen molar-refractivity contribution in [2.45, 2.75) is 36.8 Å². The van der Waals surface area contributed by atoms with Gasteiger partial charge < -0.3 is 29.5 Å². The van der Waals surface area contributed by atoms with Gasteiger partial charge in [0.1, 0.15) is 6.10 Å². The van der Waals surface area contributed by atoms with Crippen LogP contribution < -0.4 is 4.74 Å². The molecule has 0 aromatic heterocycles. The number of benzene rings is 1. The summed E-state index contributed by atoms with van der Waals surface area (Å²) in [6, 6.07) is 4.60. The first kappa shape index (κ1) is 17.2. The first-order chi connectivity index (χ1) is 11.8. The van der Waals surface area contributed by atoms with Crippen molar-refractivity contribution in [1.29, 1.82) is 0 Å². The second-order valence-electron chi connectivity index (χ2n) is 6.12. The van der Waals surface area contributed by atoms with Crippen molar-refractivity contribution in [3.8, 4) is 11.5 Å². The predicted octanol–water partition coefficient (Wildman–Crippen LogP) is 0.137. The second kappa shape index (κ2) is 6.38. The molecule has 25 heavy (non-hydrogen) atoms. The summed E-state index contributed by atoms with van der Waals surface area (Å²) >= 11 is 0. The maximum Gasteiger partial charge on any atom is 0.338 e. The molecule has 3 aliphatic rings. The highest BCUT2D eigenvalue weighted by molar-refractivity contribution is 5.88. The third-order valence-corrected chi connectivity index (χ3v) is 4.34. The molecule has 2 aliphatic heterocycles. The van der Waals surface area contributed by atoms with Crippen molar-refractivity contribution in [2.24, 2.45) is 0 Å². The van der Waals surface area contributed by atoms with Crippen molar-refractivity contribution in [3.63, 3.8) is 0 Å². The molecule has 4 rings (SSSR count). The van der Waals surface area contributed by atoms with Gasteiger partial charge in [-0.2, -0.15) is 0 Å². The summed E-state index contributed by atoms with van der Waals surface area (Å²) in [6.07, 6.45) is -0.669. The van der Waals surface area contributed by atoms with E-state index in [-0.39, 0.29) is 18.6 Å². The largest absolute Gasteiger partial charge is 0.504 e. The molecule has 0 radical (unpaired) electrons. The Kier molecular flexibility index (Phi) is 4.40. The van der Waals surface area contributed by atoms with E-state index in [0.717, 1.165) is 6.08 Å². The highest BCUT2D eigenvalue weighted by Gasteiger charge is 2.58. The number of phenolic OH excluding ortho intramolecular Hbond substituents is 1. The van der Waals surface area contributed by atoms with E-state index in [0.29, 0.717) is 11.3 Å². The van der Waals surface area contributed by atoms with Gasteiger partial charge in [-0.15, -0.1) is 0 Å². The topological polar surface area (TPSA) is 123 Å². The summed E-state index contributed by atoms with van der Waals surface area (Å²) in [5.74, 6) is -1.29. The average molecular weight is 350 g/mol. The zero-order valence-corrected chi connectivity index (χ0v) is 13.4. The number of hydrogen-bond acceptors (Lipinski definition) is 8. The van der Waals surface area contributed by atoms with E-state index in [4.69, 9.17) is 14.2 Å². The maximum atomic E-state index is 12.0. The van der Waals surface area contributed by atoms with Gasteiger partial charge in [0.2, 0.25) is 0 Å². The van der Waals surface area contributed by atoms with Crippen LogP contribution in [0.1, 0.15) is 18.4 Å². The summed E-state index contributed by atoms with van der Waals surface area (Å²) in [4.78, 5) is 23.5. The molecule has 8 nitrogen and oxygen atoms in total. The number of ether oxygens (including phenoxy) is 3. The Hall–Kier alpha value is -2.58. The van der Waals surface area contributed by atoms with Gasteiger partial charge in [-0.1, -0.05) is 6.07 Å². The minimum absolute atomic E-state index is 0.0696. The normalized spacial score (nSPS) is 31.0. The molecule has 3 N–H and O–H groups in total. The number of carbonyl (C=O) groups excluding carboxylic acids is 2. The Morgan fingerprint density at radius 1 is 1.40 bits per heavy atom. The number of aliphatic hydroxyl groups excluding tert-OH is 1. The van der Waals surface area contributed by atoms with E-state index < -0.39 is 35.9 Å². The van der Waals surface area contributed by atoms with Gasteiger partial charge in [0.15, 0.2) is 23.2 Å². The Bertz CT molecular complexity index is 727. The maximum absolute atomic E-state index is 12.0. The molecule has 1 aliphatic carbocycles. The van der Waals surface area contributed by atoms with E-state index in [1.54, 1.807) is 12.1 Å². The Morgan fingerprint density at radius 2 is 2.16 bits per heavy atom. The van der Waals surface area contributed by atoms with E-state index in [9.17, 15) is 24.9 Å². The third-order valence-electron chi connectivity index (χ3n) is 4.34. The van der Waals surface area contributed by atoms with Crippen molar-refractivity contribution in [1.82, 2.24) is 0 Å². The third kappa shape index (κ3) is 3.31. The van der Waals surface area contributed by atoms with Gasteiger partial charge in [0, 0.05) is 18.9 Å². The van der Waals surface area contributed by atoms with Crippen LogP contribution in [0.4, 0.5) is 0 Å². The van der Waals surface area contributed by atoms with Crippen LogP contribution in [0.5, 0.6) is 11.5 Å². The lowest BCUT2D eigenvalue weighted by molar-refractivity contribution is -0.243. The van der Waals surface area contributed by atoms with Gasteiger partial charge in [0.05, 0.1) is 13.2 Å². The molecule has 3 fully saturated rings. The number of esters is 2. The van der Waals surface area contributed by atoms with Gasteiger partial charge in [-0.3, -0.25) is 0 Å². The molecule has 0 spiro atoms. The number of aromatic hydroxyl groups is 1. The first-order valence-electron chi connectivity index (χ1n) is 7.69. The number of fused-ring (bicyclic) bond motifs is 3. The fourth-order valence-corrected chi connectivity index (χ4v) is 3.07. The van der Waals surface area contributed by atoms with Crippen LogP contribution in [0, 0.1) is 0 Å². The molecule has 1 aromatic rings. The fraction of sp³-hybridized carbons (Fsp3) is 0.412. The van der Waals surface area contributed by atoms with Gasteiger partial charge >= 0.3 is 11.9 Å². The molecule has 4 atom stereocenters. The molecular formula is C17H18O8. The molecule has 2 bridgehead atoms. The van der Waals surface area contributed by atoms with E-state index >= 15 is 0 Å². The summed E-state index contributed by atoms with van der Waals surface area (Å²) in [5.41, 5.74) is -1.28. The zero-order chi connectivity index (χ0) is 18.2. The number of aliphatic hydroxyl groups is 2. The highest BCUT2D eigenvalue weighted by Crippen LogP contribution is 2.39. The van der Waals surface area contributed by atoms with Gasteiger partial charge in [-0.05, 0) is 23.8 Å². The molecule has 4 unspecified atom stereocenters. The smallest absolute Gasteiger partial charge is 0.338 e. The van der Waals surface area contributed by atoms with Crippen LogP contribution in [-0.2, 0) is 19.1 Å². The lowest BCUT2D eigenvalue weighted by atomic mass is 9.76. The van der Waals surface area contributed by atoms with Crippen LogP contribution in [0.3, 0.4) is 0 Å². The second-order valence-corrected chi connectivity index (χ2v) is 6.12. The summed E-state index contributed by atoms with van der Waals surface area (Å²) in [5, 5.41) is 29.7. The molecule has 8 heteroatoms. The molecule has 2 saturated heterocycles. The van der Waals surface area contributed by atoms with Crippen molar-refractivity contribution in [2.75, 3.05) is 7.11 Å². The molecule has 2 heterocycles. The van der Waals surface area contributed by atoms with Crippen LogP contribution in [0.25, 0.3) is 6.08 Å². The Labute approximate surface area is 143 Å². The Morgan fingerprint density at radius 3 is 2.80 bits per heavy atom. The minimum Gasteiger partial charge on any atom is -0.504 e. The van der Waals surface area contributed by atoms with Crippen molar-refractivity contribution < 1.29 is 39.1 Å². The fourth-order valence-electron chi connectivity index (χ4n) is 3.07. The zero-order valence-electron chi connectivity index (χ0n) is 13.4. The van der Waals surface area contributed by atoms with Crippen LogP contribution in [-0.4, -0.2) is 58.3 Å². The van der Waals surface area contributed by atoms with E-state index in [1.807, 2.05) is 0 Å². The Balaban J connectivity index is 1.65. The van der Waals surface area contributed by atoms with Crippen LogP contribution >= 0.6 is 0 Å². The monoisotopic (exact) mass is 350 g/mol. The molecule has 1 aromatic carbocycles. The quantitative estimate of drug-likeness (QED) is 0.518. The van der Waals surface area contributed by atoms with Crippen molar-refractivity contribution >= 4 is 18.0 Å². The van der Waals surface area contributed by atoms with E-state index in [2.05, 4.69) is 0 Å². The van der Waals surface area contributed by atoms with Crippen LogP contribution in [0.15, 0.2) is 24.3 Å². The number of hydrogen-bond donors (Lipinski definition) is 3. The first-order valence-corrected chi connectivity index (χ1v) is 7.69. The summed E-state index contributed by atoms with van der Waals surface area (Å²) < 4.78 is 15.1.